The van der Waals surface area contributed by atoms with Crippen LogP contribution in [0.1, 0.15) is 25.0 Å². The minimum absolute atomic E-state index is 0.780. The standard InChI is InChI=1S/C8H15N3O/c1-3-7-9-8(11-10-7)5-4-6-12-2/h3-6H2,1-2H3,(H,9,10,11). The molecular weight excluding hydrogens is 154 g/mol. The van der Waals surface area contributed by atoms with Crippen LogP contribution in [0.3, 0.4) is 0 Å². The molecule has 12 heavy (non-hydrogen) atoms. The van der Waals surface area contributed by atoms with Crippen molar-refractivity contribution in [3.05, 3.63) is 11.6 Å². The molecular formula is C8H15N3O. The lowest BCUT2D eigenvalue weighted by Gasteiger charge is -1.94. The Bertz CT molecular complexity index is 222. The normalized spacial score (nSPS) is 10.5. The molecule has 4 nitrogen and oxygen atoms in total. The summed E-state index contributed by atoms with van der Waals surface area (Å²) in [5.41, 5.74) is 0. The summed E-state index contributed by atoms with van der Waals surface area (Å²) in [5, 5.41) is 6.94. The van der Waals surface area contributed by atoms with Gasteiger partial charge < -0.3 is 4.74 Å². The molecule has 0 saturated heterocycles. The summed E-state index contributed by atoms with van der Waals surface area (Å²) in [4.78, 5) is 4.28. The Morgan fingerprint density at radius 1 is 1.50 bits per heavy atom. The molecule has 1 aromatic rings. The molecule has 0 aliphatic heterocycles. The molecule has 0 saturated carbocycles. The van der Waals surface area contributed by atoms with Gasteiger partial charge in [-0.25, -0.2) is 4.98 Å². The van der Waals surface area contributed by atoms with Gasteiger partial charge in [0.15, 0.2) is 0 Å². The van der Waals surface area contributed by atoms with Crippen LogP contribution in [0, 0.1) is 0 Å². The molecule has 1 aromatic heterocycles. The Hall–Kier alpha value is -0.900. The highest BCUT2D eigenvalue weighted by atomic mass is 16.5. The zero-order chi connectivity index (χ0) is 8.81. The number of H-pyrrole nitrogens is 1. The van der Waals surface area contributed by atoms with Crippen molar-refractivity contribution >= 4 is 0 Å². The fourth-order valence-corrected chi connectivity index (χ4v) is 0.989. The van der Waals surface area contributed by atoms with Crippen LogP contribution in [0.15, 0.2) is 0 Å². The Labute approximate surface area is 72.4 Å². The van der Waals surface area contributed by atoms with Crippen LogP contribution in [0.2, 0.25) is 0 Å². The van der Waals surface area contributed by atoms with Gasteiger partial charge in [-0.1, -0.05) is 6.92 Å². The highest BCUT2D eigenvalue weighted by Crippen LogP contribution is 1.97. The fourth-order valence-electron chi connectivity index (χ4n) is 0.989. The van der Waals surface area contributed by atoms with Crippen molar-refractivity contribution in [3.8, 4) is 0 Å². The molecule has 0 atom stereocenters. The predicted molar refractivity (Wildman–Crippen MR) is 46.0 cm³/mol. The second-order valence-corrected chi connectivity index (χ2v) is 2.65. The van der Waals surface area contributed by atoms with Gasteiger partial charge in [-0.2, -0.15) is 5.10 Å². The largest absolute Gasteiger partial charge is 0.385 e. The molecule has 0 aliphatic carbocycles. The summed E-state index contributed by atoms with van der Waals surface area (Å²) < 4.78 is 4.93. The van der Waals surface area contributed by atoms with E-state index in [1.54, 1.807) is 7.11 Å². The van der Waals surface area contributed by atoms with Gasteiger partial charge in [-0.15, -0.1) is 0 Å². The SMILES string of the molecule is CCc1n[nH]c(CCCOC)n1. The maximum absolute atomic E-state index is 4.93. The number of hydrogen-bond acceptors (Lipinski definition) is 3. The number of nitrogens with zero attached hydrogens (tertiary/aromatic N) is 2. The average Bonchev–Trinajstić information content (AvgIpc) is 2.53. The summed E-state index contributed by atoms with van der Waals surface area (Å²) in [5.74, 6) is 1.85. The van der Waals surface area contributed by atoms with Gasteiger partial charge in [-0.3, -0.25) is 5.10 Å². The molecule has 0 radical (unpaired) electrons. The number of aryl methyl sites for hydroxylation is 2. The quantitative estimate of drug-likeness (QED) is 0.667. The first kappa shape index (κ1) is 9.19. The molecule has 1 N–H and O–H groups in total. The van der Waals surface area contributed by atoms with Crippen molar-refractivity contribution < 1.29 is 4.74 Å². The van der Waals surface area contributed by atoms with E-state index < -0.39 is 0 Å². The van der Waals surface area contributed by atoms with Gasteiger partial charge in [0.25, 0.3) is 0 Å². The number of nitrogens with one attached hydrogen (secondary N) is 1. The van der Waals surface area contributed by atoms with Gasteiger partial charge in [-0.05, 0) is 6.42 Å². The second-order valence-electron chi connectivity index (χ2n) is 2.65. The summed E-state index contributed by atoms with van der Waals surface area (Å²) in [6, 6.07) is 0. The van der Waals surface area contributed by atoms with Gasteiger partial charge >= 0.3 is 0 Å². The molecule has 0 amide bonds. The molecule has 0 aliphatic rings. The minimum Gasteiger partial charge on any atom is -0.385 e. The van der Waals surface area contributed by atoms with Gasteiger partial charge in [0, 0.05) is 26.6 Å². The summed E-state index contributed by atoms with van der Waals surface area (Å²) in [6.07, 6.45) is 2.80. The van der Waals surface area contributed by atoms with Crippen molar-refractivity contribution in [2.45, 2.75) is 26.2 Å². The fraction of sp³-hybridized carbons (Fsp3) is 0.750. The van der Waals surface area contributed by atoms with Gasteiger partial charge in [0.05, 0.1) is 0 Å². The molecule has 0 unspecified atom stereocenters. The number of methoxy groups -OCH3 is 1. The van der Waals surface area contributed by atoms with E-state index in [0.717, 1.165) is 37.5 Å². The van der Waals surface area contributed by atoms with E-state index >= 15 is 0 Å². The number of aromatic nitrogens is 3. The van der Waals surface area contributed by atoms with Crippen molar-refractivity contribution in [3.63, 3.8) is 0 Å². The lowest BCUT2D eigenvalue weighted by atomic mass is 10.3. The smallest absolute Gasteiger partial charge is 0.150 e. The molecule has 1 rings (SSSR count). The van der Waals surface area contributed by atoms with E-state index in [-0.39, 0.29) is 0 Å². The van der Waals surface area contributed by atoms with Crippen LogP contribution < -0.4 is 0 Å². The first-order valence-electron chi connectivity index (χ1n) is 4.26. The lowest BCUT2D eigenvalue weighted by molar-refractivity contribution is 0.194. The van der Waals surface area contributed by atoms with Crippen molar-refractivity contribution in [1.82, 2.24) is 15.2 Å². The van der Waals surface area contributed by atoms with E-state index in [9.17, 15) is 0 Å². The molecule has 0 aromatic carbocycles. The number of rotatable bonds is 5. The third kappa shape index (κ3) is 2.62. The zero-order valence-corrected chi connectivity index (χ0v) is 7.63. The van der Waals surface area contributed by atoms with E-state index in [4.69, 9.17) is 4.74 Å². The summed E-state index contributed by atoms with van der Waals surface area (Å²) in [6.45, 7) is 2.82. The average molecular weight is 169 g/mol. The lowest BCUT2D eigenvalue weighted by Crippen LogP contribution is -1.94. The third-order valence-corrected chi connectivity index (χ3v) is 1.66. The third-order valence-electron chi connectivity index (χ3n) is 1.66. The molecule has 0 bridgehead atoms. The Kier molecular flexibility index (Phi) is 3.73. The summed E-state index contributed by atoms with van der Waals surface area (Å²) in [7, 11) is 1.71. The maximum Gasteiger partial charge on any atom is 0.150 e. The van der Waals surface area contributed by atoms with E-state index in [1.807, 2.05) is 6.92 Å². The predicted octanol–water partition coefficient (Wildman–Crippen LogP) is 0.946. The van der Waals surface area contributed by atoms with Gasteiger partial charge in [0.1, 0.15) is 11.6 Å². The number of ether oxygens (including phenoxy) is 1. The van der Waals surface area contributed by atoms with Crippen LogP contribution in [-0.2, 0) is 17.6 Å². The van der Waals surface area contributed by atoms with Crippen LogP contribution >= 0.6 is 0 Å². The summed E-state index contributed by atoms with van der Waals surface area (Å²) >= 11 is 0. The monoisotopic (exact) mass is 169 g/mol. The minimum atomic E-state index is 0.780. The molecule has 0 spiro atoms. The van der Waals surface area contributed by atoms with E-state index in [2.05, 4.69) is 15.2 Å². The Morgan fingerprint density at radius 3 is 2.92 bits per heavy atom. The number of hydrogen-bond donors (Lipinski definition) is 1. The molecule has 0 fully saturated rings. The first-order valence-corrected chi connectivity index (χ1v) is 4.26. The highest BCUT2D eigenvalue weighted by Gasteiger charge is 1.99. The van der Waals surface area contributed by atoms with Crippen LogP contribution in [-0.4, -0.2) is 28.9 Å². The van der Waals surface area contributed by atoms with E-state index in [1.165, 1.54) is 0 Å². The Morgan fingerprint density at radius 2 is 2.33 bits per heavy atom. The second kappa shape index (κ2) is 4.87. The highest BCUT2D eigenvalue weighted by molar-refractivity contribution is 4.89. The number of aromatic amines is 1. The van der Waals surface area contributed by atoms with Crippen LogP contribution in [0.25, 0.3) is 0 Å². The zero-order valence-electron chi connectivity index (χ0n) is 7.63. The maximum atomic E-state index is 4.93. The van der Waals surface area contributed by atoms with Crippen molar-refractivity contribution in [2.75, 3.05) is 13.7 Å². The topological polar surface area (TPSA) is 50.8 Å². The van der Waals surface area contributed by atoms with Crippen LogP contribution in [0.4, 0.5) is 0 Å². The molecule has 4 heteroatoms. The van der Waals surface area contributed by atoms with Crippen molar-refractivity contribution in [2.24, 2.45) is 0 Å². The molecule has 68 valence electrons. The molecule has 1 heterocycles. The van der Waals surface area contributed by atoms with Crippen LogP contribution in [0.5, 0.6) is 0 Å². The van der Waals surface area contributed by atoms with Crippen molar-refractivity contribution in [1.29, 1.82) is 0 Å². The van der Waals surface area contributed by atoms with E-state index in [0.29, 0.717) is 0 Å². The Balaban J connectivity index is 2.31. The van der Waals surface area contributed by atoms with Gasteiger partial charge in [0.2, 0.25) is 0 Å². The first-order chi connectivity index (χ1) is 5.86.